The first-order valence-electron chi connectivity index (χ1n) is 7.91. The van der Waals surface area contributed by atoms with Crippen LogP contribution >= 0.6 is 0 Å². The summed E-state index contributed by atoms with van der Waals surface area (Å²) in [5, 5.41) is 0. The smallest absolute Gasteiger partial charge is 0.261 e. The fourth-order valence-electron chi connectivity index (χ4n) is 3.16. The molecule has 0 saturated carbocycles. The van der Waals surface area contributed by atoms with Crippen molar-refractivity contribution in [2.45, 2.75) is 26.7 Å². The number of aromatic nitrogens is 2. The van der Waals surface area contributed by atoms with Crippen molar-refractivity contribution >= 4 is 17.3 Å². The lowest BCUT2D eigenvalue weighted by Crippen LogP contribution is -2.19. The van der Waals surface area contributed by atoms with Crippen LogP contribution in [-0.2, 0) is 6.42 Å². The minimum atomic E-state index is 0.0704. The molecule has 0 saturated heterocycles. The molecule has 0 aliphatic heterocycles. The van der Waals surface area contributed by atoms with Crippen LogP contribution in [0.3, 0.4) is 0 Å². The molecule has 114 valence electrons. The third kappa shape index (κ3) is 2.38. The van der Waals surface area contributed by atoms with Crippen molar-refractivity contribution in [3.63, 3.8) is 0 Å². The highest BCUT2D eigenvalue weighted by atomic mass is 16.1. The first-order valence-corrected chi connectivity index (χ1v) is 7.91. The Kier molecular flexibility index (Phi) is 3.15. The van der Waals surface area contributed by atoms with Crippen LogP contribution in [0.5, 0.6) is 0 Å². The highest BCUT2D eigenvalue weighted by Crippen LogP contribution is 2.30. The Hall–Kier alpha value is -2.68. The Morgan fingerprint density at radius 1 is 1.00 bits per heavy atom. The average Bonchev–Trinajstić information content (AvgIpc) is 2.94. The topological polar surface area (TPSA) is 34.4 Å². The van der Waals surface area contributed by atoms with E-state index in [1.807, 2.05) is 25.3 Å². The van der Waals surface area contributed by atoms with Crippen molar-refractivity contribution in [1.29, 1.82) is 0 Å². The molecule has 0 amide bonds. The van der Waals surface area contributed by atoms with Crippen LogP contribution in [0.4, 0.5) is 0 Å². The number of hydrogen-bond acceptors (Lipinski definition) is 2. The summed E-state index contributed by atoms with van der Waals surface area (Å²) in [5.41, 5.74) is 7.13. The summed E-state index contributed by atoms with van der Waals surface area (Å²) in [6, 6.07) is 12.3. The standard InChI is InChI=1S/C20H18N2O/c1-13-3-6-15(7-4-13)11-16-8-9-17-19(16)21-18-10-5-14(2)12-22(18)20(17)23/h3-7,10-12H,8-9H2,1-2H3/b16-11-. The molecule has 1 aromatic carbocycles. The fraction of sp³-hybridized carbons (Fsp3) is 0.200. The van der Waals surface area contributed by atoms with E-state index in [-0.39, 0.29) is 5.56 Å². The van der Waals surface area contributed by atoms with E-state index in [0.29, 0.717) is 0 Å². The molecule has 0 bridgehead atoms. The lowest BCUT2D eigenvalue weighted by molar-refractivity contribution is 0.965. The first-order chi connectivity index (χ1) is 11.1. The van der Waals surface area contributed by atoms with Crippen LogP contribution in [-0.4, -0.2) is 9.38 Å². The maximum absolute atomic E-state index is 12.7. The third-order valence-corrected chi connectivity index (χ3v) is 4.43. The molecular formula is C20H18N2O. The predicted octanol–water partition coefficient (Wildman–Crippen LogP) is 3.80. The second-order valence-electron chi connectivity index (χ2n) is 6.26. The molecule has 1 aliphatic rings. The second-order valence-corrected chi connectivity index (χ2v) is 6.26. The SMILES string of the molecule is Cc1ccc(/C=C2/CCc3c2nc2ccc(C)cn2c3=O)cc1. The van der Waals surface area contributed by atoms with Gasteiger partial charge in [-0.05, 0) is 55.5 Å². The predicted molar refractivity (Wildman–Crippen MR) is 93.6 cm³/mol. The number of fused-ring (bicyclic) bond motifs is 2. The van der Waals surface area contributed by atoms with Crippen LogP contribution in [0, 0.1) is 13.8 Å². The van der Waals surface area contributed by atoms with E-state index in [0.717, 1.165) is 46.4 Å². The lowest BCUT2D eigenvalue weighted by atomic mass is 10.1. The average molecular weight is 302 g/mol. The van der Waals surface area contributed by atoms with Crippen LogP contribution in [0.1, 0.15) is 34.4 Å². The summed E-state index contributed by atoms with van der Waals surface area (Å²) in [7, 11) is 0. The van der Waals surface area contributed by atoms with Crippen molar-refractivity contribution in [3.8, 4) is 0 Å². The summed E-state index contributed by atoms with van der Waals surface area (Å²) in [4.78, 5) is 17.5. The monoisotopic (exact) mass is 302 g/mol. The van der Waals surface area contributed by atoms with Gasteiger partial charge in [-0.3, -0.25) is 9.20 Å². The number of nitrogens with zero attached hydrogens (tertiary/aromatic N) is 2. The van der Waals surface area contributed by atoms with Gasteiger partial charge in [-0.1, -0.05) is 35.9 Å². The van der Waals surface area contributed by atoms with E-state index in [4.69, 9.17) is 4.98 Å². The van der Waals surface area contributed by atoms with Gasteiger partial charge in [0, 0.05) is 11.8 Å². The minimum absolute atomic E-state index is 0.0704. The molecule has 4 rings (SSSR count). The number of benzene rings is 1. The molecule has 0 atom stereocenters. The molecular weight excluding hydrogens is 284 g/mol. The Morgan fingerprint density at radius 3 is 2.52 bits per heavy atom. The van der Waals surface area contributed by atoms with Crippen molar-refractivity contribution in [2.75, 3.05) is 0 Å². The van der Waals surface area contributed by atoms with E-state index < -0.39 is 0 Å². The van der Waals surface area contributed by atoms with Gasteiger partial charge in [0.15, 0.2) is 0 Å². The van der Waals surface area contributed by atoms with Crippen LogP contribution in [0.2, 0.25) is 0 Å². The van der Waals surface area contributed by atoms with Crippen LogP contribution in [0.25, 0.3) is 17.3 Å². The number of rotatable bonds is 1. The van der Waals surface area contributed by atoms with Gasteiger partial charge >= 0.3 is 0 Å². The van der Waals surface area contributed by atoms with Gasteiger partial charge in [-0.15, -0.1) is 0 Å². The summed E-state index contributed by atoms with van der Waals surface area (Å²) < 4.78 is 1.67. The number of allylic oxidation sites excluding steroid dienone is 1. The second kappa shape index (κ2) is 5.20. The fourth-order valence-corrected chi connectivity index (χ4v) is 3.16. The van der Waals surface area contributed by atoms with Gasteiger partial charge in [0.1, 0.15) is 5.65 Å². The van der Waals surface area contributed by atoms with E-state index >= 15 is 0 Å². The molecule has 1 aliphatic carbocycles. The zero-order valence-electron chi connectivity index (χ0n) is 13.3. The summed E-state index contributed by atoms with van der Waals surface area (Å²) in [5.74, 6) is 0. The highest BCUT2D eigenvalue weighted by molar-refractivity contribution is 5.84. The Balaban J connectivity index is 1.88. The van der Waals surface area contributed by atoms with Crippen molar-refractivity contribution in [2.24, 2.45) is 0 Å². The lowest BCUT2D eigenvalue weighted by Gasteiger charge is -2.06. The normalized spacial score (nSPS) is 15.3. The Labute approximate surface area is 134 Å². The largest absolute Gasteiger partial charge is 0.269 e. The van der Waals surface area contributed by atoms with E-state index in [1.54, 1.807) is 4.40 Å². The van der Waals surface area contributed by atoms with Gasteiger partial charge in [-0.2, -0.15) is 0 Å². The zero-order valence-corrected chi connectivity index (χ0v) is 13.3. The molecule has 3 aromatic rings. The van der Waals surface area contributed by atoms with Crippen molar-refractivity contribution < 1.29 is 0 Å². The van der Waals surface area contributed by atoms with Gasteiger partial charge in [0.05, 0.1) is 5.69 Å². The summed E-state index contributed by atoms with van der Waals surface area (Å²) >= 11 is 0. The quantitative estimate of drug-likeness (QED) is 0.685. The number of pyridine rings is 1. The van der Waals surface area contributed by atoms with Gasteiger partial charge in [0.25, 0.3) is 5.56 Å². The molecule has 0 spiro atoms. The van der Waals surface area contributed by atoms with E-state index in [9.17, 15) is 4.79 Å². The molecule has 0 unspecified atom stereocenters. The molecule has 0 fully saturated rings. The molecule has 2 aromatic heterocycles. The first kappa shape index (κ1) is 13.9. The maximum atomic E-state index is 12.7. The number of aryl methyl sites for hydroxylation is 2. The van der Waals surface area contributed by atoms with Crippen LogP contribution < -0.4 is 5.56 Å². The summed E-state index contributed by atoms with van der Waals surface area (Å²) in [6.07, 6.45) is 5.67. The molecule has 3 heteroatoms. The van der Waals surface area contributed by atoms with E-state index in [2.05, 4.69) is 37.3 Å². The van der Waals surface area contributed by atoms with Crippen molar-refractivity contribution in [3.05, 3.63) is 80.9 Å². The highest BCUT2D eigenvalue weighted by Gasteiger charge is 2.22. The summed E-state index contributed by atoms with van der Waals surface area (Å²) in [6.45, 7) is 4.07. The minimum Gasteiger partial charge on any atom is -0.269 e. The molecule has 0 N–H and O–H groups in total. The zero-order chi connectivity index (χ0) is 16.0. The van der Waals surface area contributed by atoms with Gasteiger partial charge in [-0.25, -0.2) is 4.98 Å². The molecule has 0 radical (unpaired) electrons. The van der Waals surface area contributed by atoms with Gasteiger partial charge in [0.2, 0.25) is 0 Å². The molecule has 23 heavy (non-hydrogen) atoms. The number of hydrogen-bond donors (Lipinski definition) is 0. The molecule has 3 nitrogen and oxygen atoms in total. The maximum Gasteiger partial charge on any atom is 0.261 e. The Morgan fingerprint density at radius 2 is 1.74 bits per heavy atom. The molecule has 2 heterocycles. The van der Waals surface area contributed by atoms with Crippen molar-refractivity contribution in [1.82, 2.24) is 9.38 Å². The van der Waals surface area contributed by atoms with Crippen LogP contribution in [0.15, 0.2) is 47.4 Å². The van der Waals surface area contributed by atoms with E-state index in [1.165, 1.54) is 5.56 Å². The van der Waals surface area contributed by atoms with Gasteiger partial charge < -0.3 is 0 Å². The Bertz CT molecular complexity index is 995. The third-order valence-electron chi connectivity index (χ3n) is 4.43.